The van der Waals surface area contributed by atoms with Gasteiger partial charge in [-0.25, -0.2) is 0 Å². The van der Waals surface area contributed by atoms with Crippen molar-refractivity contribution in [2.45, 2.75) is 44.6 Å². The molecule has 7 N–H and O–H groups in total. The van der Waals surface area contributed by atoms with E-state index in [0.717, 1.165) is 22.4 Å². The number of carbonyl (C=O) groups excluding carboxylic acids is 2. The highest BCUT2D eigenvalue weighted by Crippen LogP contribution is 2.18. The van der Waals surface area contributed by atoms with Gasteiger partial charge in [0.25, 0.3) is 0 Å². The third kappa shape index (κ3) is 7.64. The summed E-state index contributed by atoms with van der Waals surface area (Å²) in [5.74, 6) is -0.318. The van der Waals surface area contributed by atoms with E-state index >= 15 is 0 Å². The molecular formula is C28H34N4O4. The van der Waals surface area contributed by atoms with Crippen LogP contribution in [0.25, 0.3) is 0 Å². The molecule has 36 heavy (non-hydrogen) atoms. The zero-order valence-electron chi connectivity index (χ0n) is 20.4. The van der Waals surface area contributed by atoms with E-state index in [2.05, 4.69) is 10.6 Å². The molecule has 3 aromatic carbocycles. The fourth-order valence-corrected chi connectivity index (χ4v) is 3.72. The highest BCUT2D eigenvalue weighted by atomic mass is 16.5. The lowest BCUT2D eigenvalue weighted by Crippen LogP contribution is -2.54. The highest BCUT2D eigenvalue weighted by molar-refractivity contribution is 5.90. The molecule has 0 bridgehead atoms. The number of hydrogen-bond acceptors (Lipinski definition) is 6. The summed E-state index contributed by atoms with van der Waals surface area (Å²) in [6.07, 6.45) is -0.992. The monoisotopic (exact) mass is 490 g/mol. The number of rotatable bonds is 12. The largest absolute Gasteiger partial charge is 0.494 e. The molecule has 0 heterocycles. The Balaban J connectivity index is 1.68. The molecule has 0 aliphatic carbocycles. The average Bonchev–Trinajstić information content (AvgIpc) is 2.91. The second-order valence-corrected chi connectivity index (χ2v) is 8.47. The molecule has 3 atom stereocenters. The van der Waals surface area contributed by atoms with Crippen LogP contribution >= 0.6 is 0 Å². The lowest BCUT2D eigenvalue weighted by molar-refractivity contribution is -0.132. The van der Waals surface area contributed by atoms with Crippen molar-refractivity contribution in [2.24, 2.45) is 11.5 Å². The molecule has 0 unspecified atom stereocenters. The van der Waals surface area contributed by atoms with E-state index in [9.17, 15) is 14.7 Å². The molecule has 0 radical (unpaired) electrons. The van der Waals surface area contributed by atoms with E-state index in [1.54, 1.807) is 24.3 Å². The van der Waals surface area contributed by atoms with Crippen LogP contribution < -0.4 is 26.8 Å². The predicted octanol–water partition coefficient (Wildman–Crippen LogP) is 1.95. The second kappa shape index (κ2) is 13.4. The maximum atomic E-state index is 13.1. The van der Waals surface area contributed by atoms with E-state index in [-0.39, 0.29) is 13.0 Å². The van der Waals surface area contributed by atoms with Crippen LogP contribution in [0.4, 0.5) is 0 Å². The van der Waals surface area contributed by atoms with Gasteiger partial charge >= 0.3 is 0 Å². The number of benzene rings is 3. The minimum absolute atomic E-state index is 0.232. The number of hydrogen-bond donors (Lipinski definition) is 5. The maximum absolute atomic E-state index is 13.1. The van der Waals surface area contributed by atoms with Crippen LogP contribution in [0.15, 0.2) is 78.9 Å². The number of nitrogens with one attached hydrogen (secondary N) is 2. The summed E-state index contributed by atoms with van der Waals surface area (Å²) in [5, 5.41) is 16.4. The summed E-state index contributed by atoms with van der Waals surface area (Å²) < 4.78 is 5.44. The lowest BCUT2D eigenvalue weighted by Gasteiger charge is -2.25. The number of aliphatic hydroxyl groups is 1. The van der Waals surface area contributed by atoms with Gasteiger partial charge in [-0.2, -0.15) is 0 Å². The molecule has 0 spiro atoms. The van der Waals surface area contributed by atoms with Gasteiger partial charge in [-0.15, -0.1) is 0 Å². The van der Waals surface area contributed by atoms with Gasteiger partial charge in [0.15, 0.2) is 0 Å². The van der Waals surface area contributed by atoms with Gasteiger partial charge in [0.05, 0.1) is 12.6 Å². The summed E-state index contributed by atoms with van der Waals surface area (Å²) >= 11 is 0. The van der Waals surface area contributed by atoms with Crippen LogP contribution in [-0.4, -0.2) is 35.6 Å². The van der Waals surface area contributed by atoms with E-state index in [1.165, 1.54) is 0 Å². The summed E-state index contributed by atoms with van der Waals surface area (Å²) in [6, 6.07) is 21.4. The molecule has 0 fully saturated rings. The Morgan fingerprint density at radius 3 is 2.11 bits per heavy atom. The van der Waals surface area contributed by atoms with E-state index in [0.29, 0.717) is 18.7 Å². The Bertz CT molecular complexity index is 1100. The van der Waals surface area contributed by atoms with Crippen LogP contribution in [-0.2, 0) is 29.1 Å². The fraction of sp³-hybridized carbons (Fsp3) is 0.286. The smallest absolute Gasteiger partial charge is 0.245 e. The summed E-state index contributed by atoms with van der Waals surface area (Å²) in [6.45, 7) is 3.13. The molecule has 0 aliphatic heterocycles. The quantitative estimate of drug-likeness (QED) is 0.263. The summed E-state index contributed by atoms with van der Waals surface area (Å²) in [5.41, 5.74) is 15.0. The molecule has 0 aliphatic rings. The normalized spacial score (nSPS) is 13.3. The SMILES string of the molecule is CCOc1ccc(C[C@H](N)C(=O)N[C@H](C(=O)NCc2ccc(CN)cc2)[C@H](O)c2ccccc2)cc1. The van der Waals surface area contributed by atoms with Gasteiger partial charge in [-0.05, 0) is 47.7 Å². The first-order valence-electron chi connectivity index (χ1n) is 12.0. The van der Waals surface area contributed by atoms with Crippen molar-refractivity contribution in [2.75, 3.05) is 6.61 Å². The Morgan fingerprint density at radius 1 is 0.889 bits per heavy atom. The van der Waals surface area contributed by atoms with Crippen molar-refractivity contribution in [3.05, 3.63) is 101 Å². The number of carbonyl (C=O) groups is 2. The van der Waals surface area contributed by atoms with Crippen LogP contribution in [0.2, 0.25) is 0 Å². The van der Waals surface area contributed by atoms with Crippen molar-refractivity contribution in [1.82, 2.24) is 10.6 Å². The first kappa shape index (κ1) is 26.9. The number of amides is 2. The molecule has 0 saturated heterocycles. The van der Waals surface area contributed by atoms with Gasteiger partial charge in [0.1, 0.15) is 17.9 Å². The predicted molar refractivity (Wildman–Crippen MR) is 139 cm³/mol. The first-order valence-corrected chi connectivity index (χ1v) is 12.0. The van der Waals surface area contributed by atoms with Crippen molar-refractivity contribution in [1.29, 1.82) is 0 Å². The fourth-order valence-electron chi connectivity index (χ4n) is 3.72. The molecule has 190 valence electrons. The molecule has 0 saturated carbocycles. The third-order valence-electron chi connectivity index (χ3n) is 5.79. The molecule has 8 nitrogen and oxygen atoms in total. The Hall–Kier alpha value is -3.72. The van der Waals surface area contributed by atoms with Gasteiger partial charge in [-0.3, -0.25) is 9.59 Å². The van der Waals surface area contributed by atoms with E-state index < -0.39 is 30.0 Å². The van der Waals surface area contributed by atoms with E-state index in [4.69, 9.17) is 16.2 Å². The molecular weight excluding hydrogens is 456 g/mol. The molecule has 2 amide bonds. The highest BCUT2D eigenvalue weighted by Gasteiger charge is 2.31. The van der Waals surface area contributed by atoms with Gasteiger partial charge in [0.2, 0.25) is 11.8 Å². The lowest BCUT2D eigenvalue weighted by atomic mass is 10.00. The Morgan fingerprint density at radius 2 is 1.50 bits per heavy atom. The standard InChI is InChI=1S/C28H34N4O4/c1-2-36-23-14-12-19(13-15-23)16-24(30)27(34)32-25(26(33)22-6-4-3-5-7-22)28(35)31-18-21-10-8-20(17-29)9-11-21/h3-15,24-26,33H,2,16-18,29-30H2,1H3,(H,31,35)(H,32,34)/t24-,25-,26+/m0/s1. The number of aliphatic hydroxyl groups excluding tert-OH is 1. The summed E-state index contributed by atoms with van der Waals surface area (Å²) in [4.78, 5) is 26.1. The van der Waals surface area contributed by atoms with Crippen molar-refractivity contribution in [3.8, 4) is 5.75 Å². The Kier molecular flexibility index (Phi) is 10.00. The van der Waals surface area contributed by atoms with Gasteiger partial charge in [-0.1, -0.05) is 66.7 Å². The third-order valence-corrected chi connectivity index (χ3v) is 5.79. The number of ether oxygens (including phenoxy) is 1. The molecule has 8 heteroatoms. The second-order valence-electron chi connectivity index (χ2n) is 8.47. The minimum atomic E-state index is -1.26. The van der Waals surface area contributed by atoms with Crippen LogP contribution in [0.5, 0.6) is 5.75 Å². The van der Waals surface area contributed by atoms with E-state index in [1.807, 2.05) is 61.5 Å². The zero-order chi connectivity index (χ0) is 25.9. The molecule has 3 rings (SSSR count). The van der Waals surface area contributed by atoms with Crippen LogP contribution in [0, 0.1) is 0 Å². The molecule has 3 aromatic rings. The minimum Gasteiger partial charge on any atom is -0.494 e. The van der Waals surface area contributed by atoms with Crippen molar-refractivity contribution in [3.63, 3.8) is 0 Å². The van der Waals surface area contributed by atoms with Crippen molar-refractivity contribution >= 4 is 11.8 Å². The topological polar surface area (TPSA) is 140 Å². The van der Waals surface area contributed by atoms with Gasteiger partial charge in [0, 0.05) is 13.1 Å². The van der Waals surface area contributed by atoms with Crippen LogP contribution in [0.1, 0.15) is 35.3 Å². The van der Waals surface area contributed by atoms with Crippen molar-refractivity contribution < 1.29 is 19.4 Å². The zero-order valence-corrected chi connectivity index (χ0v) is 20.4. The first-order chi connectivity index (χ1) is 17.4. The molecule has 0 aromatic heterocycles. The van der Waals surface area contributed by atoms with Gasteiger partial charge < -0.3 is 31.9 Å². The summed E-state index contributed by atoms with van der Waals surface area (Å²) in [7, 11) is 0. The average molecular weight is 491 g/mol. The maximum Gasteiger partial charge on any atom is 0.245 e. The number of nitrogens with two attached hydrogens (primary N) is 2. The Labute approximate surface area is 211 Å². The van der Waals surface area contributed by atoms with Crippen LogP contribution in [0.3, 0.4) is 0 Å².